The summed E-state index contributed by atoms with van der Waals surface area (Å²) in [6.07, 6.45) is 2.29. The highest BCUT2D eigenvalue weighted by molar-refractivity contribution is 7.98. The van der Waals surface area contributed by atoms with Crippen LogP contribution in [0.3, 0.4) is 0 Å². The average molecular weight is 311 g/mol. The highest BCUT2D eigenvalue weighted by atomic mass is 35.5. The minimum absolute atomic E-state index is 0.0864. The van der Waals surface area contributed by atoms with E-state index in [0.29, 0.717) is 16.5 Å². The van der Waals surface area contributed by atoms with Gasteiger partial charge in [-0.25, -0.2) is 0 Å². The second-order valence-electron chi connectivity index (χ2n) is 4.05. The monoisotopic (exact) mass is 310 g/mol. The van der Waals surface area contributed by atoms with Crippen molar-refractivity contribution in [1.29, 1.82) is 0 Å². The summed E-state index contributed by atoms with van der Waals surface area (Å²) in [5.74, 6) is 0.0864. The van der Waals surface area contributed by atoms with Crippen LogP contribution in [-0.4, -0.2) is 12.0 Å². The van der Waals surface area contributed by atoms with Crippen molar-refractivity contribution in [3.63, 3.8) is 0 Å². The third kappa shape index (κ3) is 3.53. The lowest BCUT2D eigenvalue weighted by atomic mass is 10.0. The topological polar surface area (TPSA) is 17.1 Å². The molecule has 0 N–H and O–H groups in total. The summed E-state index contributed by atoms with van der Waals surface area (Å²) in [4.78, 5) is 13.3. The van der Waals surface area contributed by atoms with Gasteiger partial charge in [-0.05, 0) is 30.0 Å². The van der Waals surface area contributed by atoms with Crippen molar-refractivity contribution >= 4 is 40.7 Å². The zero-order valence-corrected chi connectivity index (χ0v) is 12.6. The number of rotatable bonds is 4. The van der Waals surface area contributed by atoms with Crippen LogP contribution in [0.2, 0.25) is 10.0 Å². The quantitative estimate of drug-likeness (QED) is 0.574. The molecule has 0 saturated heterocycles. The summed E-state index contributed by atoms with van der Waals surface area (Å²) < 4.78 is 0. The molecule has 2 aromatic carbocycles. The molecule has 0 aliphatic carbocycles. The van der Waals surface area contributed by atoms with Crippen LogP contribution in [0, 0.1) is 0 Å². The molecule has 2 aromatic rings. The van der Waals surface area contributed by atoms with E-state index in [1.807, 2.05) is 36.6 Å². The Kier molecular flexibility index (Phi) is 4.92. The standard InChI is InChI=1S/C15H12Cl2OS/c1-19-15-5-3-2-4-11(15)14(18)9-10-6-7-12(16)13(17)8-10/h2-8H,9H2,1H3. The first-order valence-electron chi connectivity index (χ1n) is 5.72. The summed E-state index contributed by atoms with van der Waals surface area (Å²) in [5.41, 5.74) is 1.62. The lowest BCUT2D eigenvalue weighted by Crippen LogP contribution is -2.05. The molecule has 98 valence electrons. The van der Waals surface area contributed by atoms with Crippen LogP contribution in [0.1, 0.15) is 15.9 Å². The van der Waals surface area contributed by atoms with Gasteiger partial charge in [-0.2, -0.15) is 0 Å². The molecular weight excluding hydrogens is 299 g/mol. The fourth-order valence-electron chi connectivity index (χ4n) is 1.81. The molecule has 0 aliphatic rings. The minimum Gasteiger partial charge on any atom is -0.294 e. The SMILES string of the molecule is CSc1ccccc1C(=O)Cc1ccc(Cl)c(Cl)c1. The molecule has 0 amide bonds. The van der Waals surface area contributed by atoms with E-state index in [0.717, 1.165) is 16.0 Å². The van der Waals surface area contributed by atoms with E-state index in [1.165, 1.54) is 0 Å². The summed E-state index contributed by atoms with van der Waals surface area (Å²) in [7, 11) is 0. The van der Waals surface area contributed by atoms with E-state index < -0.39 is 0 Å². The fraction of sp³-hybridized carbons (Fsp3) is 0.133. The van der Waals surface area contributed by atoms with Gasteiger partial charge in [-0.3, -0.25) is 4.79 Å². The smallest absolute Gasteiger partial charge is 0.168 e. The Morgan fingerprint density at radius 2 is 1.84 bits per heavy atom. The van der Waals surface area contributed by atoms with Crippen molar-refractivity contribution in [3.05, 3.63) is 63.6 Å². The van der Waals surface area contributed by atoms with Gasteiger partial charge in [-0.15, -0.1) is 11.8 Å². The van der Waals surface area contributed by atoms with Gasteiger partial charge in [-0.1, -0.05) is 47.5 Å². The van der Waals surface area contributed by atoms with Crippen molar-refractivity contribution in [3.8, 4) is 0 Å². The van der Waals surface area contributed by atoms with Crippen LogP contribution >= 0.6 is 35.0 Å². The zero-order chi connectivity index (χ0) is 13.8. The Morgan fingerprint density at radius 1 is 1.11 bits per heavy atom. The molecule has 0 heterocycles. The van der Waals surface area contributed by atoms with Gasteiger partial charge in [0.15, 0.2) is 5.78 Å². The molecule has 0 spiro atoms. The number of hydrogen-bond donors (Lipinski definition) is 0. The van der Waals surface area contributed by atoms with E-state index in [4.69, 9.17) is 23.2 Å². The van der Waals surface area contributed by atoms with Crippen LogP contribution in [0.4, 0.5) is 0 Å². The number of benzene rings is 2. The maximum Gasteiger partial charge on any atom is 0.168 e. The molecule has 0 unspecified atom stereocenters. The van der Waals surface area contributed by atoms with Gasteiger partial charge in [0.05, 0.1) is 10.0 Å². The fourth-order valence-corrected chi connectivity index (χ4v) is 2.74. The maximum absolute atomic E-state index is 12.3. The number of carbonyl (C=O) groups is 1. The van der Waals surface area contributed by atoms with Gasteiger partial charge >= 0.3 is 0 Å². The van der Waals surface area contributed by atoms with Gasteiger partial charge in [0, 0.05) is 16.9 Å². The number of Topliss-reactive ketones (excluding diaryl/α,β-unsaturated/α-hetero) is 1. The number of hydrogen-bond acceptors (Lipinski definition) is 2. The largest absolute Gasteiger partial charge is 0.294 e. The van der Waals surface area contributed by atoms with Crippen molar-refractivity contribution in [1.82, 2.24) is 0 Å². The first-order valence-corrected chi connectivity index (χ1v) is 7.70. The van der Waals surface area contributed by atoms with Gasteiger partial charge in [0.2, 0.25) is 0 Å². The molecule has 2 rings (SSSR count). The number of carbonyl (C=O) groups excluding carboxylic acids is 1. The van der Waals surface area contributed by atoms with Crippen LogP contribution in [0.15, 0.2) is 47.4 Å². The minimum atomic E-state index is 0.0864. The summed E-state index contributed by atoms with van der Waals surface area (Å²) in [5, 5.41) is 0.979. The number of thioether (sulfide) groups is 1. The first-order chi connectivity index (χ1) is 9.11. The molecule has 0 atom stereocenters. The Labute approximate surface area is 126 Å². The predicted molar refractivity (Wildman–Crippen MR) is 82.7 cm³/mol. The number of ketones is 1. The Hall–Kier alpha value is -0.960. The predicted octanol–water partition coefficient (Wildman–Crippen LogP) is 5.14. The Bertz CT molecular complexity index is 611. The van der Waals surface area contributed by atoms with Gasteiger partial charge < -0.3 is 0 Å². The summed E-state index contributed by atoms with van der Waals surface area (Å²) in [6.45, 7) is 0. The second kappa shape index (κ2) is 6.47. The molecular formula is C15H12Cl2OS. The van der Waals surface area contributed by atoms with E-state index >= 15 is 0 Å². The summed E-state index contributed by atoms with van der Waals surface area (Å²) >= 11 is 13.4. The molecule has 0 aromatic heterocycles. The van der Waals surface area contributed by atoms with Crippen molar-refractivity contribution in [2.45, 2.75) is 11.3 Å². The van der Waals surface area contributed by atoms with Crippen LogP contribution in [0.5, 0.6) is 0 Å². The third-order valence-electron chi connectivity index (χ3n) is 2.76. The molecule has 4 heteroatoms. The highest BCUT2D eigenvalue weighted by Crippen LogP contribution is 2.25. The lowest BCUT2D eigenvalue weighted by Gasteiger charge is -2.07. The normalized spacial score (nSPS) is 10.5. The van der Waals surface area contributed by atoms with Crippen molar-refractivity contribution < 1.29 is 4.79 Å². The Balaban J connectivity index is 2.23. The molecule has 0 fully saturated rings. The average Bonchev–Trinajstić information content (AvgIpc) is 2.43. The molecule has 0 radical (unpaired) electrons. The molecule has 0 saturated carbocycles. The maximum atomic E-state index is 12.3. The van der Waals surface area contributed by atoms with Gasteiger partial charge in [0.1, 0.15) is 0 Å². The van der Waals surface area contributed by atoms with Crippen LogP contribution < -0.4 is 0 Å². The molecule has 1 nitrogen and oxygen atoms in total. The van der Waals surface area contributed by atoms with Crippen molar-refractivity contribution in [2.75, 3.05) is 6.26 Å². The number of halogens is 2. The first kappa shape index (κ1) is 14.4. The molecule has 19 heavy (non-hydrogen) atoms. The zero-order valence-electron chi connectivity index (χ0n) is 10.3. The van der Waals surface area contributed by atoms with Gasteiger partial charge in [0.25, 0.3) is 0 Å². The van der Waals surface area contributed by atoms with E-state index in [1.54, 1.807) is 23.9 Å². The van der Waals surface area contributed by atoms with Crippen LogP contribution in [-0.2, 0) is 6.42 Å². The van der Waals surface area contributed by atoms with Crippen molar-refractivity contribution in [2.24, 2.45) is 0 Å². The molecule has 0 bridgehead atoms. The lowest BCUT2D eigenvalue weighted by molar-refractivity contribution is 0.0990. The van der Waals surface area contributed by atoms with E-state index in [9.17, 15) is 4.79 Å². The second-order valence-corrected chi connectivity index (χ2v) is 5.71. The third-order valence-corrected chi connectivity index (χ3v) is 4.29. The molecule has 0 aliphatic heterocycles. The highest BCUT2D eigenvalue weighted by Gasteiger charge is 2.11. The van der Waals surface area contributed by atoms with E-state index in [-0.39, 0.29) is 5.78 Å². The van der Waals surface area contributed by atoms with Crippen LogP contribution in [0.25, 0.3) is 0 Å². The van der Waals surface area contributed by atoms with E-state index in [2.05, 4.69) is 0 Å². The Morgan fingerprint density at radius 3 is 2.53 bits per heavy atom. The summed E-state index contributed by atoms with van der Waals surface area (Å²) in [6, 6.07) is 12.9.